The van der Waals surface area contributed by atoms with Gasteiger partial charge in [0.1, 0.15) is 11.8 Å². The molecule has 3 heterocycles. The van der Waals surface area contributed by atoms with E-state index in [0.29, 0.717) is 30.3 Å². The second kappa shape index (κ2) is 8.71. The minimum Gasteiger partial charge on any atom is -0.493 e. The fourth-order valence-electron chi connectivity index (χ4n) is 4.00. The second-order valence-electron chi connectivity index (χ2n) is 7.59. The maximum atomic E-state index is 12.8. The van der Waals surface area contributed by atoms with Crippen LogP contribution in [-0.2, 0) is 29.1 Å². The first kappa shape index (κ1) is 20.8. The Morgan fingerprint density at radius 2 is 1.94 bits per heavy atom. The number of urea groups is 1. The number of benzene rings is 1. The Labute approximate surface area is 179 Å². The number of hydrogen-bond acceptors (Lipinski definition) is 6. The van der Waals surface area contributed by atoms with Crippen LogP contribution in [-0.4, -0.2) is 54.5 Å². The molecule has 1 fully saturated rings. The number of fused-ring (bicyclic) bond motifs is 1. The lowest BCUT2D eigenvalue weighted by Gasteiger charge is -2.30. The normalized spacial score (nSPS) is 18.1. The lowest BCUT2D eigenvalue weighted by molar-refractivity contribution is -0.132. The number of ether oxygens (including phenoxy) is 2. The predicted octanol–water partition coefficient (Wildman–Crippen LogP) is 2.08. The van der Waals surface area contributed by atoms with Gasteiger partial charge >= 0.3 is 6.03 Å². The largest absolute Gasteiger partial charge is 0.493 e. The molecule has 1 atom stereocenters. The molecule has 0 saturated carbocycles. The van der Waals surface area contributed by atoms with E-state index >= 15 is 0 Å². The summed E-state index contributed by atoms with van der Waals surface area (Å²) in [6, 6.07) is 6.10. The highest BCUT2D eigenvalue weighted by Crippen LogP contribution is 2.33. The Kier molecular flexibility index (Phi) is 5.83. The van der Waals surface area contributed by atoms with Gasteiger partial charge in [-0.15, -0.1) is 0 Å². The van der Waals surface area contributed by atoms with Crippen LogP contribution in [0.5, 0.6) is 11.5 Å². The van der Waals surface area contributed by atoms with E-state index in [1.807, 2.05) is 12.1 Å². The van der Waals surface area contributed by atoms with Crippen LogP contribution in [0.25, 0.3) is 0 Å². The van der Waals surface area contributed by atoms with Crippen molar-refractivity contribution in [2.75, 3.05) is 20.8 Å². The Balaban J connectivity index is 1.34. The summed E-state index contributed by atoms with van der Waals surface area (Å²) in [5.41, 5.74) is 2.15. The van der Waals surface area contributed by atoms with Gasteiger partial charge in [0.25, 0.3) is 5.91 Å². The second-order valence-corrected chi connectivity index (χ2v) is 7.59. The van der Waals surface area contributed by atoms with E-state index in [-0.39, 0.29) is 31.2 Å². The first-order valence-corrected chi connectivity index (χ1v) is 10.2. The molecule has 1 saturated heterocycles. The quantitative estimate of drug-likeness (QED) is 0.679. The number of hydrogen-bond donors (Lipinski definition) is 1. The Morgan fingerprint density at radius 3 is 2.61 bits per heavy atom. The van der Waals surface area contributed by atoms with Crippen LogP contribution in [0, 0.1) is 0 Å². The molecule has 0 bridgehead atoms. The number of nitrogens with zero attached hydrogens (tertiary/aromatic N) is 2. The average Bonchev–Trinajstić information content (AvgIpc) is 3.39. The third kappa shape index (κ3) is 4.21. The van der Waals surface area contributed by atoms with Gasteiger partial charge in [0.05, 0.1) is 27.0 Å². The van der Waals surface area contributed by atoms with Gasteiger partial charge in [-0.1, -0.05) is 0 Å². The molecule has 2 aliphatic rings. The van der Waals surface area contributed by atoms with Crippen molar-refractivity contribution in [3.8, 4) is 11.5 Å². The van der Waals surface area contributed by atoms with Crippen LogP contribution in [0.1, 0.15) is 29.7 Å². The molecule has 0 aliphatic carbocycles. The topological polar surface area (TPSA) is 101 Å². The SMILES string of the molecule is COc1cc2c(cc1OC)CN(C(=O)CCC1NC(=O)N(Cc3ccco3)C1=O)CC2. The number of amides is 4. The van der Waals surface area contributed by atoms with E-state index in [1.165, 1.54) is 6.26 Å². The molecule has 4 amide bonds. The highest BCUT2D eigenvalue weighted by atomic mass is 16.5. The number of nitrogens with one attached hydrogen (secondary N) is 1. The molecule has 9 heteroatoms. The average molecular weight is 427 g/mol. The van der Waals surface area contributed by atoms with Crippen molar-refractivity contribution in [2.45, 2.75) is 38.4 Å². The van der Waals surface area contributed by atoms with Crippen LogP contribution in [0.3, 0.4) is 0 Å². The predicted molar refractivity (Wildman–Crippen MR) is 109 cm³/mol. The molecule has 9 nitrogen and oxygen atoms in total. The van der Waals surface area contributed by atoms with Gasteiger partial charge in [-0.2, -0.15) is 0 Å². The van der Waals surface area contributed by atoms with Crippen molar-refractivity contribution < 1.29 is 28.3 Å². The molecular formula is C22H25N3O6. The van der Waals surface area contributed by atoms with E-state index in [2.05, 4.69) is 5.32 Å². The third-order valence-electron chi connectivity index (χ3n) is 5.72. The lowest BCUT2D eigenvalue weighted by Crippen LogP contribution is -2.37. The molecule has 0 radical (unpaired) electrons. The number of furan rings is 1. The van der Waals surface area contributed by atoms with Crippen LogP contribution >= 0.6 is 0 Å². The molecule has 2 aliphatic heterocycles. The van der Waals surface area contributed by atoms with Crippen LogP contribution in [0.2, 0.25) is 0 Å². The van der Waals surface area contributed by atoms with Gasteiger partial charge in [-0.05, 0) is 48.2 Å². The molecule has 1 aromatic carbocycles. The summed E-state index contributed by atoms with van der Waals surface area (Å²) in [4.78, 5) is 40.4. The maximum absolute atomic E-state index is 12.8. The summed E-state index contributed by atoms with van der Waals surface area (Å²) in [5.74, 6) is 1.45. The molecule has 1 N–H and O–H groups in total. The maximum Gasteiger partial charge on any atom is 0.325 e. The van der Waals surface area contributed by atoms with E-state index in [4.69, 9.17) is 13.9 Å². The molecule has 164 valence electrons. The minimum absolute atomic E-state index is 0.0491. The zero-order chi connectivity index (χ0) is 22.0. The van der Waals surface area contributed by atoms with Gasteiger partial charge in [0.2, 0.25) is 5.91 Å². The Hall–Kier alpha value is -3.49. The van der Waals surface area contributed by atoms with Gasteiger partial charge in [-0.3, -0.25) is 14.5 Å². The van der Waals surface area contributed by atoms with Crippen LogP contribution in [0.15, 0.2) is 34.9 Å². The summed E-state index contributed by atoms with van der Waals surface area (Å²) in [6.45, 7) is 1.15. The summed E-state index contributed by atoms with van der Waals surface area (Å²) < 4.78 is 15.9. The summed E-state index contributed by atoms with van der Waals surface area (Å²) >= 11 is 0. The zero-order valence-electron chi connectivity index (χ0n) is 17.6. The summed E-state index contributed by atoms with van der Waals surface area (Å²) in [7, 11) is 3.18. The summed E-state index contributed by atoms with van der Waals surface area (Å²) in [5, 5.41) is 2.66. The lowest BCUT2D eigenvalue weighted by atomic mass is 9.98. The fourth-order valence-corrected chi connectivity index (χ4v) is 4.00. The molecular weight excluding hydrogens is 402 g/mol. The van der Waals surface area contributed by atoms with Crippen molar-refractivity contribution in [3.05, 3.63) is 47.4 Å². The number of rotatable bonds is 7. The highest BCUT2D eigenvalue weighted by Gasteiger charge is 2.38. The van der Waals surface area contributed by atoms with Crippen molar-refractivity contribution >= 4 is 17.8 Å². The number of imide groups is 1. The molecule has 0 spiro atoms. The van der Waals surface area contributed by atoms with Gasteiger partial charge in [-0.25, -0.2) is 4.79 Å². The zero-order valence-corrected chi connectivity index (χ0v) is 17.6. The molecule has 2 aromatic rings. The molecule has 31 heavy (non-hydrogen) atoms. The molecule has 1 aromatic heterocycles. The first-order valence-electron chi connectivity index (χ1n) is 10.2. The minimum atomic E-state index is -0.701. The van der Waals surface area contributed by atoms with Crippen molar-refractivity contribution in [2.24, 2.45) is 0 Å². The monoisotopic (exact) mass is 427 g/mol. The van der Waals surface area contributed by atoms with E-state index < -0.39 is 12.1 Å². The highest BCUT2D eigenvalue weighted by molar-refractivity contribution is 6.04. The Morgan fingerprint density at radius 1 is 1.19 bits per heavy atom. The van der Waals surface area contributed by atoms with Gasteiger partial charge in [0.15, 0.2) is 11.5 Å². The van der Waals surface area contributed by atoms with Crippen molar-refractivity contribution in [1.82, 2.24) is 15.1 Å². The Bertz CT molecular complexity index is 987. The molecule has 1 unspecified atom stereocenters. The standard InChI is InChI=1S/C22H25N3O6/c1-29-18-10-14-7-8-24(12-15(14)11-19(18)30-2)20(26)6-5-17-21(27)25(22(28)23-17)13-16-4-3-9-31-16/h3-4,9-11,17H,5-8,12-13H2,1-2H3,(H,23,28). The third-order valence-corrected chi connectivity index (χ3v) is 5.72. The fraction of sp³-hybridized carbons (Fsp3) is 0.409. The summed E-state index contributed by atoms with van der Waals surface area (Å²) in [6.07, 6.45) is 2.64. The number of carbonyl (C=O) groups is 3. The van der Waals surface area contributed by atoms with E-state index in [1.54, 1.807) is 31.3 Å². The van der Waals surface area contributed by atoms with Gasteiger partial charge in [0, 0.05) is 19.5 Å². The first-order chi connectivity index (χ1) is 15.0. The van der Waals surface area contributed by atoms with Crippen molar-refractivity contribution in [1.29, 1.82) is 0 Å². The van der Waals surface area contributed by atoms with E-state index in [0.717, 1.165) is 22.4 Å². The number of carbonyl (C=O) groups excluding carboxylic acids is 3. The molecule has 4 rings (SSSR count). The van der Waals surface area contributed by atoms with Crippen LogP contribution < -0.4 is 14.8 Å². The van der Waals surface area contributed by atoms with Gasteiger partial charge < -0.3 is 24.1 Å². The number of methoxy groups -OCH3 is 2. The van der Waals surface area contributed by atoms with Crippen LogP contribution in [0.4, 0.5) is 4.79 Å². The smallest absolute Gasteiger partial charge is 0.325 e. The van der Waals surface area contributed by atoms with E-state index in [9.17, 15) is 14.4 Å². The van der Waals surface area contributed by atoms with Crippen molar-refractivity contribution in [3.63, 3.8) is 0 Å².